The van der Waals surface area contributed by atoms with Gasteiger partial charge in [0.1, 0.15) is 0 Å². The Balaban J connectivity index is 1.64. The molecule has 3 aromatic rings. The van der Waals surface area contributed by atoms with E-state index in [1.54, 1.807) is 18.1 Å². The van der Waals surface area contributed by atoms with Crippen LogP contribution >= 0.6 is 0 Å². The fraction of sp³-hybridized carbons (Fsp3) is 0.240. The third-order valence-corrected chi connectivity index (χ3v) is 5.88. The second-order valence-corrected chi connectivity index (χ2v) is 7.85. The molecule has 0 spiro atoms. The lowest BCUT2D eigenvalue weighted by atomic mass is 9.73. The van der Waals surface area contributed by atoms with Crippen LogP contribution in [0, 0.1) is 6.92 Å². The van der Waals surface area contributed by atoms with E-state index >= 15 is 0 Å². The highest BCUT2D eigenvalue weighted by atomic mass is 16.2. The van der Waals surface area contributed by atoms with Crippen molar-refractivity contribution in [2.24, 2.45) is 0 Å². The van der Waals surface area contributed by atoms with Gasteiger partial charge in [-0.15, -0.1) is 0 Å². The second kappa shape index (κ2) is 8.11. The van der Waals surface area contributed by atoms with Gasteiger partial charge in [-0.25, -0.2) is 0 Å². The number of carbonyl (C=O) groups excluding carboxylic acids is 2. The van der Waals surface area contributed by atoms with Crippen LogP contribution in [0.15, 0.2) is 72.9 Å². The van der Waals surface area contributed by atoms with E-state index in [4.69, 9.17) is 0 Å². The van der Waals surface area contributed by atoms with Crippen molar-refractivity contribution in [3.63, 3.8) is 0 Å². The van der Waals surface area contributed by atoms with Crippen LogP contribution in [0.2, 0.25) is 0 Å². The Morgan fingerprint density at radius 3 is 2.53 bits per heavy atom. The van der Waals surface area contributed by atoms with Crippen LogP contribution in [-0.4, -0.2) is 23.8 Å². The standard InChI is InChI=1S/C25H25N3O2/c1-18-9-8-14-26-21(18)17-27-23(29)16-25(15-19-10-4-3-5-11-19)20-12-6-7-13-22(20)28(2)24(25)30/h3-14H,15-17H2,1-2H3,(H,27,29)/t25-/m1/s1. The lowest BCUT2D eigenvalue weighted by molar-refractivity contribution is -0.129. The van der Waals surface area contributed by atoms with Crippen molar-refractivity contribution in [1.82, 2.24) is 10.3 Å². The molecule has 2 aromatic carbocycles. The number of nitrogens with zero attached hydrogens (tertiary/aromatic N) is 2. The molecule has 0 unspecified atom stereocenters. The van der Waals surface area contributed by atoms with Crippen LogP contribution in [0.1, 0.15) is 28.8 Å². The first kappa shape index (κ1) is 19.8. The van der Waals surface area contributed by atoms with E-state index in [9.17, 15) is 9.59 Å². The van der Waals surface area contributed by atoms with Crippen LogP contribution < -0.4 is 10.2 Å². The molecule has 0 aliphatic carbocycles. The lowest BCUT2D eigenvalue weighted by Gasteiger charge is -2.28. The molecule has 4 rings (SSSR count). The molecule has 5 nitrogen and oxygen atoms in total. The third kappa shape index (κ3) is 3.59. The molecule has 0 saturated heterocycles. The maximum Gasteiger partial charge on any atom is 0.238 e. The Hall–Kier alpha value is -3.47. The maximum absolute atomic E-state index is 13.5. The SMILES string of the molecule is Cc1cccnc1CNC(=O)C[C@@]1(Cc2ccccc2)C(=O)N(C)c2ccccc21. The van der Waals surface area contributed by atoms with Crippen molar-refractivity contribution in [3.05, 3.63) is 95.3 Å². The Morgan fingerprint density at radius 1 is 1.03 bits per heavy atom. The number of aryl methyl sites for hydroxylation is 1. The fourth-order valence-electron chi connectivity index (χ4n) is 4.29. The highest BCUT2D eigenvalue weighted by molar-refractivity contribution is 6.09. The van der Waals surface area contributed by atoms with E-state index in [-0.39, 0.29) is 18.2 Å². The Morgan fingerprint density at radius 2 is 1.77 bits per heavy atom. The first-order chi connectivity index (χ1) is 14.5. The highest BCUT2D eigenvalue weighted by Gasteiger charge is 2.50. The fourth-order valence-corrected chi connectivity index (χ4v) is 4.29. The highest BCUT2D eigenvalue weighted by Crippen LogP contribution is 2.45. The third-order valence-electron chi connectivity index (χ3n) is 5.88. The summed E-state index contributed by atoms with van der Waals surface area (Å²) < 4.78 is 0. The zero-order valence-electron chi connectivity index (χ0n) is 17.3. The molecule has 152 valence electrons. The molecule has 0 saturated carbocycles. The number of benzene rings is 2. The molecule has 30 heavy (non-hydrogen) atoms. The molecule has 1 aromatic heterocycles. The van der Waals surface area contributed by atoms with Crippen molar-refractivity contribution < 1.29 is 9.59 Å². The smallest absolute Gasteiger partial charge is 0.238 e. The van der Waals surface area contributed by atoms with Gasteiger partial charge in [-0.3, -0.25) is 14.6 Å². The van der Waals surface area contributed by atoms with E-state index in [0.717, 1.165) is 28.1 Å². The largest absolute Gasteiger partial charge is 0.350 e. The van der Waals surface area contributed by atoms with Gasteiger partial charge in [-0.1, -0.05) is 54.6 Å². The van der Waals surface area contributed by atoms with Gasteiger partial charge in [0.2, 0.25) is 11.8 Å². The van der Waals surface area contributed by atoms with Gasteiger partial charge in [0.05, 0.1) is 17.7 Å². The number of likely N-dealkylation sites (N-methyl/N-ethyl adjacent to an activating group) is 1. The monoisotopic (exact) mass is 399 g/mol. The number of amides is 2. The lowest BCUT2D eigenvalue weighted by Crippen LogP contribution is -2.44. The van der Waals surface area contributed by atoms with Gasteiger partial charge in [-0.05, 0) is 42.2 Å². The zero-order valence-corrected chi connectivity index (χ0v) is 17.3. The zero-order chi connectivity index (χ0) is 21.1. The Bertz CT molecular complexity index is 1080. The van der Waals surface area contributed by atoms with Gasteiger partial charge in [0.25, 0.3) is 0 Å². The number of pyridine rings is 1. The normalized spacial score (nSPS) is 17.7. The molecule has 1 aliphatic rings. The number of rotatable bonds is 6. The maximum atomic E-state index is 13.5. The van der Waals surface area contributed by atoms with E-state index in [1.165, 1.54) is 0 Å². The predicted molar refractivity (Wildman–Crippen MR) is 117 cm³/mol. The number of nitrogens with one attached hydrogen (secondary N) is 1. The van der Waals surface area contributed by atoms with Crippen LogP contribution in [-0.2, 0) is 28.0 Å². The Kier molecular flexibility index (Phi) is 5.36. The number of fused-ring (bicyclic) bond motifs is 1. The van der Waals surface area contributed by atoms with Crippen molar-refractivity contribution in [2.45, 2.75) is 31.7 Å². The van der Waals surface area contributed by atoms with Gasteiger partial charge in [0, 0.05) is 25.4 Å². The minimum absolute atomic E-state index is 0.0447. The molecule has 1 aliphatic heterocycles. The van der Waals surface area contributed by atoms with Crippen molar-refractivity contribution in [1.29, 1.82) is 0 Å². The molecule has 2 heterocycles. The average molecular weight is 399 g/mol. The summed E-state index contributed by atoms with van der Waals surface area (Å²) in [5, 5.41) is 2.97. The molecule has 5 heteroatoms. The van der Waals surface area contributed by atoms with Gasteiger partial charge in [0.15, 0.2) is 0 Å². The molecule has 2 amide bonds. The van der Waals surface area contributed by atoms with Crippen LogP contribution in [0.4, 0.5) is 5.69 Å². The van der Waals surface area contributed by atoms with Crippen LogP contribution in [0.3, 0.4) is 0 Å². The average Bonchev–Trinajstić information content (AvgIpc) is 2.96. The molecular formula is C25H25N3O2. The Labute approximate surface area is 176 Å². The number of aromatic nitrogens is 1. The summed E-state index contributed by atoms with van der Waals surface area (Å²) in [5.74, 6) is -0.203. The summed E-state index contributed by atoms with van der Waals surface area (Å²) in [6.07, 6.45) is 2.29. The van der Waals surface area contributed by atoms with Gasteiger partial charge < -0.3 is 10.2 Å². The molecule has 0 radical (unpaired) electrons. The number of anilines is 1. The number of carbonyl (C=O) groups is 2. The molecular weight excluding hydrogens is 374 g/mol. The van der Waals surface area contributed by atoms with Gasteiger partial charge >= 0.3 is 0 Å². The van der Waals surface area contributed by atoms with E-state index in [1.807, 2.05) is 73.7 Å². The summed E-state index contributed by atoms with van der Waals surface area (Å²) in [6.45, 7) is 2.32. The molecule has 1 atom stereocenters. The predicted octanol–water partition coefficient (Wildman–Crippen LogP) is 3.55. The summed E-state index contributed by atoms with van der Waals surface area (Å²) in [4.78, 5) is 32.5. The number of hydrogen-bond acceptors (Lipinski definition) is 3. The van der Waals surface area contributed by atoms with Crippen LogP contribution in [0.25, 0.3) is 0 Å². The quantitative estimate of drug-likeness (QED) is 0.689. The molecule has 0 fully saturated rings. The van der Waals surface area contributed by atoms with E-state index < -0.39 is 5.41 Å². The summed E-state index contributed by atoms with van der Waals surface area (Å²) in [6, 6.07) is 21.5. The first-order valence-electron chi connectivity index (χ1n) is 10.1. The van der Waals surface area contributed by atoms with Crippen molar-refractivity contribution in [3.8, 4) is 0 Å². The minimum Gasteiger partial charge on any atom is -0.350 e. The number of hydrogen-bond donors (Lipinski definition) is 1. The number of para-hydroxylation sites is 1. The van der Waals surface area contributed by atoms with Crippen LogP contribution in [0.5, 0.6) is 0 Å². The molecule has 0 bridgehead atoms. The first-order valence-corrected chi connectivity index (χ1v) is 10.1. The molecule has 1 N–H and O–H groups in total. The van der Waals surface area contributed by atoms with Crippen molar-refractivity contribution in [2.75, 3.05) is 11.9 Å². The second-order valence-electron chi connectivity index (χ2n) is 7.85. The topological polar surface area (TPSA) is 62.3 Å². The van der Waals surface area contributed by atoms with Crippen molar-refractivity contribution >= 4 is 17.5 Å². The summed E-state index contributed by atoms with van der Waals surface area (Å²) in [5.41, 5.74) is 3.74. The van der Waals surface area contributed by atoms with E-state index in [2.05, 4.69) is 10.3 Å². The summed E-state index contributed by atoms with van der Waals surface area (Å²) >= 11 is 0. The van der Waals surface area contributed by atoms with E-state index in [0.29, 0.717) is 13.0 Å². The summed E-state index contributed by atoms with van der Waals surface area (Å²) in [7, 11) is 1.78. The van der Waals surface area contributed by atoms with Gasteiger partial charge in [-0.2, -0.15) is 0 Å². The minimum atomic E-state index is -0.921.